The molecule has 2 N–H and O–H groups in total. The van der Waals surface area contributed by atoms with Crippen LogP contribution in [0.3, 0.4) is 0 Å². The molecule has 3 aromatic rings. The number of nitrogens with zero attached hydrogens (tertiary/aromatic N) is 2. The Labute approximate surface area is 144 Å². The van der Waals surface area contributed by atoms with E-state index in [0.717, 1.165) is 16.6 Å². The van der Waals surface area contributed by atoms with Crippen LogP contribution in [0.4, 0.5) is 10.5 Å². The number of rotatable bonds is 2. The number of benzene rings is 2. The van der Waals surface area contributed by atoms with Gasteiger partial charge in [0.1, 0.15) is 12.4 Å². The molecular weight excluding hydrogens is 339 g/mol. The molecule has 0 fully saturated rings. The number of fused-ring (bicyclic) bond motifs is 3. The molecular formula is C17H17N4O3P. The molecule has 25 heavy (non-hydrogen) atoms. The van der Waals surface area contributed by atoms with Crippen LogP contribution < -0.4 is 10.4 Å². The average molecular weight is 356 g/mol. The first kappa shape index (κ1) is 15.9. The Hall–Kier alpha value is -2.63. The van der Waals surface area contributed by atoms with Gasteiger partial charge < -0.3 is 5.32 Å². The van der Waals surface area contributed by atoms with Gasteiger partial charge in [0.05, 0.1) is 11.0 Å². The third-order valence-electron chi connectivity index (χ3n) is 4.11. The van der Waals surface area contributed by atoms with Crippen LogP contribution in [-0.2, 0) is 15.7 Å². The number of aryl methyl sites for hydroxylation is 2. The molecule has 2 amide bonds. The Morgan fingerprint density at radius 2 is 2.04 bits per heavy atom. The van der Waals surface area contributed by atoms with E-state index in [2.05, 4.69) is 15.4 Å². The fraction of sp³-hybridized carbons (Fsp3) is 0.176. The van der Waals surface area contributed by atoms with Gasteiger partial charge in [-0.3, -0.25) is 4.52 Å². The van der Waals surface area contributed by atoms with Crippen molar-refractivity contribution in [2.45, 2.75) is 20.5 Å². The van der Waals surface area contributed by atoms with Crippen LogP contribution in [0, 0.1) is 13.8 Å². The van der Waals surface area contributed by atoms with Crippen molar-refractivity contribution in [2.24, 2.45) is 0 Å². The molecule has 2 aromatic carbocycles. The van der Waals surface area contributed by atoms with Crippen LogP contribution in [0.2, 0.25) is 0 Å². The van der Waals surface area contributed by atoms with Crippen molar-refractivity contribution in [3.8, 4) is 0 Å². The SMILES string of the molecule is Cc1ccc(NC(=O)NP2(=O)OCc3nc4ccccc4n32)c(C)c1. The topological polar surface area (TPSA) is 85.2 Å². The highest BCUT2D eigenvalue weighted by atomic mass is 31.2. The number of hydrogen-bond acceptors (Lipinski definition) is 4. The molecule has 7 nitrogen and oxygen atoms in total. The monoisotopic (exact) mass is 356 g/mol. The minimum Gasteiger partial charge on any atom is -0.307 e. The molecule has 0 saturated carbocycles. The van der Waals surface area contributed by atoms with Crippen LogP contribution in [0.25, 0.3) is 11.0 Å². The lowest BCUT2D eigenvalue weighted by Crippen LogP contribution is -2.28. The molecule has 8 heteroatoms. The van der Waals surface area contributed by atoms with Gasteiger partial charge in [-0.05, 0) is 37.6 Å². The summed E-state index contributed by atoms with van der Waals surface area (Å²) >= 11 is 0. The lowest BCUT2D eigenvalue weighted by atomic mass is 10.1. The van der Waals surface area contributed by atoms with E-state index < -0.39 is 13.7 Å². The molecule has 0 saturated heterocycles. The van der Waals surface area contributed by atoms with Crippen LogP contribution in [0.5, 0.6) is 0 Å². The van der Waals surface area contributed by atoms with Crippen molar-refractivity contribution < 1.29 is 13.9 Å². The Kier molecular flexibility index (Phi) is 3.63. The largest absolute Gasteiger partial charge is 0.404 e. The van der Waals surface area contributed by atoms with Gasteiger partial charge in [-0.15, -0.1) is 0 Å². The van der Waals surface area contributed by atoms with Crippen LogP contribution in [0.15, 0.2) is 42.5 Å². The van der Waals surface area contributed by atoms with Gasteiger partial charge in [0.15, 0.2) is 0 Å². The second-order valence-corrected chi connectivity index (χ2v) is 7.93. The maximum atomic E-state index is 13.2. The number of nitrogens with one attached hydrogen (secondary N) is 2. The smallest absolute Gasteiger partial charge is 0.307 e. The molecule has 0 radical (unpaired) electrons. The zero-order valence-corrected chi connectivity index (χ0v) is 14.7. The van der Waals surface area contributed by atoms with E-state index in [9.17, 15) is 9.36 Å². The van der Waals surface area contributed by atoms with E-state index in [-0.39, 0.29) is 6.61 Å². The van der Waals surface area contributed by atoms with Gasteiger partial charge in [-0.1, -0.05) is 29.8 Å². The van der Waals surface area contributed by atoms with Gasteiger partial charge in [-0.25, -0.2) is 23.8 Å². The number of imidazole rings is 1. The van der Waals surface area contributed by atoms with E-state index in [1.54, 1.807) is 6.07 Å². The van der Waals surface area contributed by atoms with Crippen LogP contribution in [0.1, 0.15) is 17.0 Å². The lowest BCUT2D eigenvalue weighted by Gasteiger charge is -2.16. The van der Waals surface area contributed by atoms with Gasteiger partial charge in [0, 0.05) is 5.69 Å². The number of hydrogen-bond donors (Lipinski definition) is 2. The molecule has 4 rings (SSSR count). The third kappa shape index (κ3) is 2.71. The minimum absolute atomic E-state index is 0.0931. The summed E-state index contributed by atoms with van der Waals surface area (Å²) < 4.78 is 20.1. The summed E-state index contributed by atoms with van der Waals surface area (Å²) in [5.41, 5.74) is 4.08. The van der Waals surface area contributed by atoms with Crippen molar-refractivity contribution in [3.05, 3.63) is 59.4 Å². The van der Waals surface area contributed by atoms with E-state index in [1.165, 1.54) is 4.34 Å². The summed E-state index contributed by atoms with van der Waals surface area (Å²) in [4.78, 5) is 16.8. The zero-order chi connectivity index (χ0) is 17.6. The molecule has 1 aromatic heterocycles. The maximum absolute atomic E-state index is 13.2. The van der Waals surface area contributed by atoms with E-state index in [0.29, 0.717) is 17.0 Å². The minimum atomic E-state index is -3.58. The Morgan fingerprint density at radius 1 is 1.24 bits per heavy atom. The Morgan fingerprint density at radius 3 is 2.84 bits per heavy atom. The third-order valence-corrected chi connectivity index (χ3v) is 6.05. The molecule has 1 atom stereocenters. The number of amides is 2. The molecule has 128 valence electrons. The van der Waals surface area contributed by atoms with Gasteiger partial charge >= 0.3 is 13.7 Å². The molecule has 1 unspecified atom stereocenters. The predicted molar refractivity (Wildman–Crippen MR) is 95.6 cm³/mol. The summed E-state index contributed by atoms with van der Waals surface area (Å²) in [6.07, 6.45) is 0. The highest BCUT2D eigenvalue weighted by molar-refractivity contribution is 7.56. The van der Waals surface area contributed by atoms with Gasteiger partial charge in [0.25, 0.3) is 0 Å². The number of urea groups is 1. The number of carbonyl (C=O) groups is 1. The zero-order valence-electron chi connectivity index (χ0n) is 13.8. The van der Waals surface area contributed by atoms with E-state index in [4.69, 9.17) is 4.52 Å². The van der Waals surface area contributed by atoms with Crippen molar-refractivity contribution in [3.63, 3.8) is 0 Å². The van der Waals surface area contributed by atoms with Crippen molar-refractivity contribution in [1.82, 2.24) is 14.4 Å². The fourth-order valence-electron chi connectivity index (χ4n) is 2.97. The maximum Gasteiger partial charge on any atom is 0.404 e. The number of anilines is 1. The van der Waals surface area contributed by atoms with E-state index in [1.807, 2.05) is 50.2 Å². The summed E-state index contributed by atoms with van der Waals surface area (Å²) in [7, 11) is -3.58. The second-order valence-electron chi connectivity index (χ2n) is 6.01. The lowest BCUT2D eigenvalue weighted by molar-refractivity contribution is 0.253. The quantitative estimate of drug-likeness (QED) is 0.681. The molecule has 1 aliphatic heterocycles. The van der Waals surface area contributed by atoms with Crippen molar-refractivity contribution >= 4 is 30.4 Å². The highest BCUT2D eigenvalue weighted by Crippen LogP contribution is 2.52. The first-order valence-electron chi connectivity index (χ1n) is 7.84. The molecule has 0 bridgehead atoms. The molecule has 0 aliphatic carbocycles. The summed E-state index contributed by atoms with van der Waals surface area (Å²) in [6, 6.07) is 12.4. The number of carbonyl (C=O) groups excluding carboxylic acids is 1. The fourth-order valence-corrected chi connectivity index (χ4v) is 4.71. The average Bonchev–Trinajstić information content (AvgIpc) is 3.08. The van der Waals surface area contributed by atoms with Crippen LogP contribution >= 0.6 is 7.67 Å². The standard InChI is InChI=1S/C17H17N4O3P/c1-11-7-8-13(12(2)9-11)19-17(22)20-25(23)21-15-6-4-3-5-14(15)18-16(21)10-24-25/h3-9H,10H2,1-2H3,(H2,19,20,22,23). The highest BCUT2D eigenvalue weighted by Gasteiger charge is 2.39. The van der Waals surface area contributed by atoms with Crippen LogP contribution in [-0.4, -0.2) is 15.4 Å². The Bertz CT molecular complexity index is 1040. The predicted octanol–water partition coefficient (Wildman–Crippen LogP) is 3.96. The molecule has 2 heterocycles. The van der Waals surface area contributed by atoms with Gasteiger partial charge in [-0.2, -0.15) is 0 Å². The van der Waals surface area contributed by atoms with Crippen molar-refractivity contribution in [1.29, 1.82) is 0 Å². The van der Waals surface area contributed by atoms with E-state index >= 15 is 0 Å². The number of aromatic nitrogens is 2. The summed E-state index contributed by atoms with van der Waals surface area (Å²) in [5.74, 6) is 0.538. The van der Waals surface area contributed by atoms with Crippen molar-refractivity contribution in [2.75, 3.05) is 5.32 Å². The normalized spacial score (nSPS) is 19.0. The molecule has 0 spiro atoms. The first-order valence-corrected chi connectivity index (χ1v) is 9.42. The first-order chi connectivity index (χ1) is 12.0. The second kappa shape index (κ2) is 5.72. The number of para-hydroxylation sites is 2. The molecule has 1 aliphatic rings. The van der Waals surface area contributed by atoms with Gasteiger partial charge in [0.2, 0.25) is 0 Å². The Balaban J connectivity index is 1.61. The summed E-state index contributed by atoms with van der Waals surface area (Å²) in [5, 5.41) is 5.21. The summed E-state index contributed by atoms with van der Waals surface area (Å²) in [6.45, 7) is 3.97.